The van der Waals surface area contributed by atoms with E-state index in [1.54, 1.807) is 13.3 Å². The van der Waals surface area contributed by atoms with E-state index in [0.29, 0.717) is 10.9 Å². The van der Waals surface area contributed by atoms with E-state index in [2.05, 4.69) is 81.7 Å². The number of thioether (sulfide) groups is 1. The number of hydrogen-bond donors (Lipinski definition) is 1. The number of rotatable bonds is 8. The lowest BCUT2D eigenvalue weighted by atomic mass is 9.87. The third kappa shape index (κ3) is 6.71. The molecule has 0 aliphatic rings. The van der Waals surface area contributed by atoms with Crippen LogP contribution in [-0.2, 0) is 10.2 Å². The topological polar surface area (TPSA) is 81.4 Å². The minimum absolute atomic E-state index is 0.0577. The minimum atomic E-state index is -0.255. The van der Waals surface area contributed by atoms with Crippen molar-refractivity contribution >= 4 is 39.8 Å². The van der Waals surface area contributed by atoms with Crippen molar-refractivity contribution in [3.05, 3.63) is 87.9 Å². The molecule has 7 nitrogen and oxygen atoms in total. The second-order valence-electron chi connectivity index (χ2n) is 9.77. The first kappa shape index (κ1) is 27.6. The third-order valence-electron chi connectivity index (χ3n) is 5.85. The van der Waals surface area contributed by atoms with Crippen LogP contribution in [0.1, 0.15) is 37.5 Å². The molecule has 0 saturated carbocycles. The molecule has 0 fully saturated rings. The molecule has 9 heteroatoms. The Morgan fingerprint density at radius 1 is 1.08 bits per heavy atom. The summed E-state index contributed by atoms with van der Waals surface area (Å²) in [7, 11) is 1.59. The second-order valence-corrected chi connectivity index (χ2v) is 11.6. The molecule has 0 atom stereocenters. The van der Waals surface area contributed by atoms with Gasteiger partial charge in [0.25, 0.3) is 5.91 Å². The maximum absolute atomic E-state index is 12.6. The summed E-state index contributed by atoms with van der Waals surface area (Å²) in [6.07, 6.45) is 1.56. The summed E-state index contributed by atoms with van der Waals surface area (Å²) in [5, 5.41) is 13.6. The maximum Gasteiger partial charge on any atom is 0.250 e. The van der Waals surface area contributed by atoms with Gasteiger partial charge in [-0.15, -0.1) is 10.2 Å². The van der Waals surface area contributed by atoms with Gasteiger partial charge in [-0.25, -0.2) is 5.43 Å². The average Bonchev–Trinajstić information content (AvgIpc) is 3.31. The molecule has 1 aromatic heterocycles. The van der Waals surface area contributed by atoms with Gasteiger partial charge in [0.2, 0.25) is 0 Å². The Kier molecular flexibility index (Phi) is 8.69. The highest BCUT2D eigenvalue weighted by molar-refractivity contribution is 9.10. The zero-order chi connectivity index (χ0) is 27.3. The number of methoxy groups -OCH3 is 1. The standard InChI is InChI=1S/C29H30BrN5O2S/c1-19-6-13-24(14-7-19)35-27(20-8-10-22(11-9-20)29(2,3)4)33-34-28(35)38-18-26(36)32-31-17-21-16-23(30)12-15-25(21)37-5/h6-17H,18H2,1-5H3,(H,32,36)/b31-17+. The lowest BCUT2D eigenvalue weighted by Crippen LogP contribution is -2.20. The molecule has 4 aromatic rings. The first-order valence-electron chi connectivity index (χ1n) is 12.1. The van der Waals surface area contributed by atoms with E-state index < -0.39 is 0 Å². The summed E-state index contributed by atoms with van der Waals surface area (Å²) < 4.78 is 8.22. The highest BCUT2D eigenvalue weighted by atomic mass is 79.9. The molecule has 1 heterocycles. The quantitative estimate of drug-likeness (QED) is 0.143. The second kappa shape index (κ2) is 12.0. The SMILES string of the molecule is COc1ccc(Br)cc1/C=N/NC(=O)CSc1nnc(-c2ccc(C(C)(C)C)cc2)n1-c1ccc(C)cc1. The molecular weight excluding hydrogens is 562 g/mol. The number of carbonyl (C=O) groups is 1. The molecular formula is C29H30BrN5O2S. The number of amides is 1. The van der Waals surface area contributed by atoms with E-state index in [0.717, 1.165) is 32.7 Å². The van der Waals surface area contributed by atoms with Crippen molar-refractivity contribution in [2.75, 3.05) is 12.9 Å². The van der Waals surface area contributed by atoms with Gasteiger partial charge in [-0.2, -0.15) is 5.10 Å². The Balaban J connectivity index is 1.53. The van der Waals surface area contributed by atoms with E-state index >= 15 is 0 Å². The van der Waals surface area contributed by atoms with Crippen LogP contribution in [0.5, 0.6) is 5.75 Å². The number of hydrogen-bond acceptors (Lipinski definition) is 6. The van der Waals surface area contributed by atoms with Gasteiger partial charge in [0.1, 0.15) is 5.75 Å². The fraction of sp³-hybridized carbons (Fsp3) is 0.241. The van der Waals surface area contributed by atoms with Crippen LogP contribution in [0, 0.1) is 6.92 Å². The van der Waals surface area contributed by atoms with Crippen molar-refractivity contribution < 1.29 is 9.53 Å². The maximum atomic E-state index is 12.6. The Hall–Kier alpha value is -3.43. The van der Waals surface area contributed by atoms with Crippen molar-refractivity contribution in [3.8, 4) is 22.8 Å². The molecule has 1 amide bonds. The summed E-state index contributed by atoms with van der Waals surface area (Å²) in [5.41, 5.74) is 7.67. The predicted molar refractivity (Wildman–Crippen MR) is 157 cm³/mol. The summed E-state index contributed by atoms with van der Waals surface area (Å²) in [4.78, 5) is 12.6. The Labute approximate surface area is 235 Å². The number of aryl methyl sites for hydroxylation is 1. The Morgan fingerprint density at radius 2 is 1.79 bits per heavy atom. The van der Waals surface area contributed by atoms with Crippen LogP contribution in [0.15, 0.2) is 81.5 Å². The normalized spacial score (nSPS) is 11.6. The summed E-state index contributed by atoms with van der Waals surface area (Å²) >= 11 is 4.74. The van der Waals surface area contributed by atoms with Gasteiger partial charge in [0.15, 0.2) is 11.0 Å². The molecule has 196 valence electrons. The largest absolute Gasteiger partial charge is 0.496 e. The number of ether oxygens (including phenoxy) is 1. The van der Waals surface area contributed by atoms with Crippen LogP contribution >= 0.6 is 27.7 Å². The van der Waals surface area contributed by atoms with E-state index in [-0.39, 0.29) is 17.1 Å². The van der Waals surface area contributed by atoms with Crippen LogP contribution in [0.3, 0.4) is 0 Å². The highest BCUT2D eigenvalue weighted by Crippen LogP contribution is 2.30. The first-order chi connectivity index (χ1) is 18.2. The fourth-order valence-electron chi connectivity index (χ4n) is 3.74. The minimum Gasteiger partial charge on any atom is -0.496 e. The predicted octanol–water partition coefficient (Wildman–Crippen LogP) is 6.55. The van der Waals surface area contributed by atoms with E-state index in [9.17, 15) is 4.79 Å². The van der Waals surface area contributed by atoms with Crippen molar-refractivity contribution in [1.82, 2.24) is 20.2 Å². The smallest absolute Gasteiger partial charge is 0.250 e. The van der Waals surface area contributed by atoms with Gasteiger partial charge in [-0.05, 0) is 48.2 Å². The molecule has 0 spiro atoms. The molecule has 0 radical (unpaired) electrons. The summed E-state index contributed by atoms with van der Waals surface area (Å²) in [6, 6.07) is 22.1. The molecule has 38 heavy (non-hydrogen) atoms. The number of nitrogens with one attached hydrogen (secondary N) is 1. The zero-order valence-corrected chi connectivity index (χ0v) is 24.4. The molecule has 0 bridgehead atoms. The number of benzene rings is 3. The van der Waals surface area contributed by atoms with Gasteiger partial charge < -0.3 is 4.74 Å². The van der Waals surface area contributed by atoms with Crippen molar-refractivity contribution in [2.45, 2.75) is 38.3 Å². The molecule has 0 unspecified atom stereocenters. The monoisotopic (exact) mass is 591 g/mol. The van der Waals surface area contributed by atoms with Crippen molar-refractivity contribution in [3.63, 3.8) is 0 Å². The summed E-state index contributed by atoms with van der Waals surface area (Å²) in [6.45, 7) is 8.62. The Bertz CT molecular complexity index is 1440. The molecule has 3 aromatic carbocycles. The molecule has 0 aliphatic carbocycles. The van der Waals surface area contributed by atoms with E-state index in [1.165, 1.54) is 17.3 Å². The molecule has 0 saturated heterocycles. The first-order valence-corrected chi connectivity index (χ1v) is 13.8. The van der Waals surface area contributed by atoms with Crippen LogP contribution in [-0.4, -0.2) is 39.7 Å². The van der Waals surface area contributed by atoms with Crippen molar-refractivity contribution in [1.29, 1.82) is 0 Å². The number of nitrogens with zero attached hydrogens (tertiary/aromatic N) is 4. The van der Waals surface area contributed by atoms with Gasteiger partial charge in [0, 0.05) is 21.3 Å². The highest BCUT2D eigenvalue weighted by Gasteiger charge is 2.19. The number of aromatic nitrogens is 3. The lowest BCUT2D eigenvalue weighted by Gasteiger charge is -2.19. The molecule has 0 aliphatic heterocycles. The molecule has 4 rings (SSSR count). The molecule has 1 N–H and O–H groups in total. The van der Waals surface area contributed by atoms with Crippen LogP contribution in [0.4, 0.5) is 0 Å². The Morgan fingerprint density at radius 3 is 2.45 bits per heavy atom. The zero-order valence-electron chi connectivity index (χ0n) is 22.0. The van der Waals surface area contributed by atoms with Gasteiger partial charge in [-0.3, -0.25) is 9.36 Å². The van der Waals surface area contributed by atoms with Gasteiger partial charge in [0.05, 0.1) is 19.1 Å². The van der Waals surface area contributed by atoms with Crippen LogP contribution in [0.2, 0.25) is 0 Å². The van der Waals surface area contributed by atoms with E-state index in [1.807, 2.05) is 54.0 Å². The van der Waals surface area contributed by atoms with Crippen LogP contribution < -0.4 is 10.2 Å². The number of carbonyl (C=O) groups excluding carboxylic acids is 1. The average molecular weight is 593 g/mol. The van der Waals surface area contributed by atoms with E-state index in [4.69, 9.17) is 4.74 Å². The van der Waals surface area contributed by atoms with Gasteiger partial charge >= 0.3 is 0 Å². The van der Waals surface area contributed by atoms with Crippen molar-refractivity contribution in [2.24, 2.45) is 5.10 Å². The van der Waals surface area contributed by atoms with Crippen LogP contribution in [0.25, 0.3) is 17.1 Å². The number of hydrazone groups is 1. The fourth-order valence-corrected chi connectivity index (χ4v) is 4.86. The number of halogens is 1. The summed E-state index contributed by atoms with van der Waals surface area (Å²) in [5.74, 6) is 1.25. The lowest BCUT2D eigenvalue weighted by molar-refractivity contribution is -0.118. The van der Waals surface area contributed by atoms with Gasteiger partial charge in [-0.1, -0.05) is 90.4 Å². The third-order valence-corrected chi connectivity index (χ3v) is 7.27.